The molecule has 0 spiro atoms. The lowest BCUT2D eigenvalue weighted by molar-refractivity contribution is -0.146. The van der Waals surface area contributed by atoms with Crippen LogP contribution < -0.4 is 5.32 Å². The summed E-state index contributed by atoms with van der Waals surface area (Å²) in [5, 5.41) is 10.7. The van der Waals surface area contributed by atoms with Crippen molar-refractivity contribution >= 4 is 5.97 Å². The number of hydrogen-bond acceptors (Lipinski definition) is 2. The van der Waals surface area contributed by atoms with Crippen LogP contribution in [0.4, 0.5) is 13.2 Å². The van der Waals surface area contributed by atoms with Gasteiger partial charge in [-0.3, -0.25) is 4.79 Å². The maximum Gasteiger partial charge on any atom is 0.401 e. The molecule has 1 fully saturated rings. The maximum absolute atomic E-state index is 11.7. The van der Waals surface area contributed by atoms with E-state index in [2.05, 4.69) is 5.32 Å². The van der Waals surface area contributed by atoms with E-state index in [0.29, 0.717) is 12.8 Å². The molecule has 0 atom stereocenters. The SMILES string of the molecule is O=C(O)C1CC(NCC(F)(F)F)C1. The topological polar surface area (TPSA) is 49.3 Å². The third-order valence-electron chi connectivity index (χ3n) is 2.08. The lowest BCUT2D eigenvalue weighted by Crippen LogP contribution is -2.47. The minimum Gasteiger partial charge on any atom is -0.481 e. The molecule has 0 amide bonds. The van der Waals surface area contributed by atoms with Crippen LogP contribution in [0.3, 0.4) is 0 Å². The van der Waals surface area contributed by atoms with E-state index in [1.807, 2.05) is 0 Å². The molecule has 76 valence electrons. The fraction of sp³-hybridized carbons (Fsp3) is 0.857. The average Bonchev–Trinajstić information content (AvgIpc) is 1.79. The van der Waals surface area contributed by atoms with E-state index < -0.39 is 24.6 Å². The van der Waals surface area contributed by atoms with Crippen molar-refractivity contribution < 1.29 is 23.1 Å². The minimum absolute atomic E-state index is 0.289. The predicted octanol–water partition coefficient (Wildman–Crippen LogP) is 1.00. The molecular formula is C7H10F3NO2. The van der Waals surface area contributed by atoms with Crippen molar-refractivity contribution in [2.24, 2.45) is 5.92 Å². The lowest BCUT2D eigenvalue weighted by atomic mass is 9.80. The van der Waals surface area contributed by atoms with Crippen LogP contribution >= 0.6 is 0 Å². The van der Waals surface area contributed by atoms with E-state index >= 15 is 0 Å². The first-order valence-electron chi connectivity index (χ1n) is 3.91. The second-order valence-corrected chi connectivity index (χ2v) is 3.20. The van der Waals surface area contributed by atoms with Gasteiger partial charge < -0.3 is 10.4 Å². The van der Waals surface area contributed by atoms with Crippen LogP contribution in [0.2, 0.25) is 0 Å². The van der Waals surface area contributed by atoms with Gasteiger partial charge in [-0.1, -0.05) is 0 Å². The number of aliphatic carboxylic acids is 1. The zero-order valence-electron chi connectivity index (χ0n) is 6.77. The minimum atomic E-state index is -4.21. The number of halogens is 3. The molecule has 0 saturated heterocycles. The number of carbonyl (C=O) groups is 1. The molecule has 13 heavy (non-hydrogen) atoms. The summed E-state index contributed by atoms with van der Waals surface area (Å²) < 4.78 is 35.0. The Morgan fingerprint density at radius 2 is 2.00 bits per heavy atom. The number of nitrogens with one attached hydrogen (secondary N) is 1. The first-order chi connectivity index (χ1) is 5.88. The molecule has 3 nitrogen and oxygen atoms in total. The Kier molecular flexibility index (Phi) is 2.80. The molecule has 1 aliphatic rings. The van der Waals surface area contributed by atoms with Crippen molar-refractivity contribution in [3.8, 4) is 0 Å². The van der Waals surface area contributed by atoms with Gasteiger partial charge in [-0.05, 0) is 12.8 Å². The zero-order chi connectivity index (χ0) is 10.1. The van der Waals surface area contributed by atoms with E-state index in [9.17, 15) is 18.0 Å². The molecule has 6 heteroatoms. The quantitative estimate of drug-likeness (QED) is 0.709. The number of rotatable bonds is 3. The molecule has 0 bridgehead atoms. The third-order valence-corrected chi connectivity index (χ3v) is 2.08. The number of carboxylic acids is 1. The summed E-state index contributed by atoms with van der Waals surface area (Å²) >= 11 is 0. The molecule has 1 saturated carbocycles. The molecular weight excluding hydrogens is 187 g/mol. The first kappa shape index (κ1) is 10.3. The highest BCUT2D eigenvalue weighted by Gasteiger charge is 2.36. The van der Waals surface area contributed by atoms with Crippen LogP contribution in [0.15, 0.2) is 0 Å². The molecule has 0 radical (unpaired) electrons. The van der Waals surface area contributed by atoms with Crippen molar-refractivity contribution in [2.75, 3.05) is 6.54 Å². The molecule has 0 aromatic heterocycles. The van der Waals surface area contributed by atoms with Gasteiger partial charge in [-0.2, -0.15) is 13.2 Å². The normalized spacial score (nSPS) is 28.2. The number of alkyl halides is 3. The van der Waals surface area contributed by atoms with Crippen LogP contribution in [0.1, 0.15) is 12.8 Å². The smallest absolute Gasteiger partial charge is 0.401 e. The largest absolute Gasteiger partial charge is 0.481 e. The van der Waals surface area contributed by atoms with Gasteiger partial charge in [0.15, 0.2) is 0 Å². The molecule has 0 aromatic carbocycles. The van der Waals surface area contributed by atoms with Gasteiger partial charge in [0.1, 0.15) is 0 Å². The summed E-state index contributed by atoms with van der Waals surface area (Å²) in [6.45, 7) is -1.04. The predicted molar refractivity (Wildman–Crippen MR) is 38.2 cm³/mol. The van der Waals surface area contributed by atoms with Gasteiger partial charge >= 0.3 is 12.1 Å². The van der Waals surface area contributed by atoms with E-state index in [0.717, 1.165) is 0 Å². The van der Waals surface area contributed by atoms with Crippen molar-refractivity contribution in [3.63, 3.8) is 0 Å². The summed E-state index contributed by atoms with van der Waals surface area (Å²) in [6, 6.07) is -0.289. The molecule has 2 N–H and O–H groups in total. The summed E-state index contributed by atoms with van der Waals surface area (Å²) in [5.74, 6) is -1.39. The Labute approximate surface area is 72.9 Å². The van der Waals surface area contributed by atoms with Crippen molar-refractivity contribution in [2.45, 2.75) is 25.1 Å². The monoisotopic (exact) mass is 197 g/mol. The van der Waals surface area contributed by atoms with Crippen molar-refractivity contribution in [1.82, 2.24) is 5.32 Å². The van der Waals surface area contributed by atoms with Gasteiger partial charge in [-0.25, -0.2) is 0 Å². The molecule has 1 aliphatic carbocycles. The second-order valence-electron chi connectivity index (χ2n) is 3.20. The Hall–Kier alpha value is -0.780. The van der Waals surface area contributed by atoms with Gasteiger partial charge in [0.2, 0.25) is 0 Å². The van der Waals surface area contributed by atoms with Crippen molar-refractivity contribution in [1.29, 1.82) is 0 Å². The Morgan fingerprint density at radius 3 is 2.38 bits per heavy atom. The van der Waals surface area contributed by atoms with Crippen LogP contribution in [0.25, 0.3) is 0 Å². The highest BCUT2D eigenvalue weighted by Crippen LogP contribution is 2.28. The Bertz CT molecular complexity index is 198. The summed E-state index contributed by atoms with van der Waals surface area (Å²) in [7, 11) is 0. The van der Waals surface area contributed by atoms with Crippen molar-refractivity contribution in [3.05, 3.63) is 0 Å². The molecule has 0 unspecified atom stereocenters. The van der Waals surface area contributed by atoms with E-state index in [4.69, 9.17) is 5.11 Å². The fourth-order valence-corrected chi connectivity index (χ4v) is 1.25. The van der Waals surface area contributed by atoms with Crippen LogP contribution in [0.5, 0.6) is 0 Å². The Balaban J connectivity index is 2.12. The van der Waals surface area contributed by atoms with Gasteiger partial charge in [0.25, 0.3) is 0 Å². The molecule has 1 rings (SSSR count). The lowest BCUT2D eigenvalue weighted by Gasteiger charge is -2.33. The van der Waals surface area contributed by atoms with E-state index in [-0.39, 0.29) is 6.04 Å². The van der Waals surface area contributed by atoms with Crippen LogP contribution in [-0.4, -0.2) is 29.8 Å². The second kappa shape index (κ2) is 3.53. The van der Waals surface area contributed by atoms with Gasteiger partial charge in [0, 0.05) is 6.04 Å². The third kappa shape index (κ3) is 3.22. The maximum atomic E-state index is 11.7. The van der Waals surface area contributed by atoms with Gasteiger partial charge in [0.05, 0.1) is 12.5 Å². The summed E-state index contributed by atoms with van der Waals surface area (Å²) in [6.07, 6.45) is -3.62. The highest BCUT2D eigenvalue weighted by atomic mass is 19.4. The van der Waals surface area contributed by atoms with E-state index in [1.54, 1.807) is 0 Å². The fourth-order valence-electron chi connectivity index (χ4n) is 1.25. The number of carboxylic acid groups (broad SMARTS) is 1. The standard InChI is InChI=1S/C7H10F3NO2/c8-7(9,10)3-11-5-1-4(2-5)6(12)13/h4-5,11H,1-3H2,(H,12,13). The van der Waals surface area contributed by atoms with E-state index in [1.165, 1.54) is 0 Å². The Morgan fingerprint density at radius 1 is 1.46 bits per heavy atom. The molecule has 0 aliphatic heterocycles. The number of hydrogen-bond donors (Lipinski definition) is 2. The van der Waals surface area contributed by atoms with Crippen LogP contribution in [0, 0.1) is 5.92 Å². The summed E-state index contributed by atoms with van der Waals surface area (Å²) in [4.78, 5) is 10.3. The highest BCUT2D eigenvalue weighted by molar-refractivity contribution is 5.71. The molecule has 0 heterocycles. The summed E-state index contributed by atoms with van der Waals surface area (Å²) in [5.41, 5.74) is 0. The molecule has 0 aromatic rings. The van der Waals surface area contributed by atoms with Crippen LogP contribution in [-0.2, 0) is 4.79 Å². The first-order valence-corrected chi connectivity index (χ1v) is 3.91. The van der Waals surface area contributed by atoms with Gasteiger partial charge in [-0.15, -0.1) is 0 Å². The average molecular weight is 197 g/mol. The zero-order valence-corrected chi connectivity index (χ0v) is 6.77.